The summed E-state index contributed by atoms with van der Waals surface area (Å²) < 4.78 is 2.12. The van der Waals surface area contributed by atoms with Gasteiger partial charge in [0.15, 0.2) is 11.3 Å². The van der Waals surface area contributed by atoms with Gasteiger partial charge in [0.05, 0.1) is 11.0 Å². The molecule has 28 heavy (non-hydrogen) atoms. The van der Waals surface area contributed by atoms with Crippen LogP contribution in [0.5, 0.6) is 0 Å². The number of nitrogens with zero attached hydrogens (tertiary/aromatic N) is 4. The molecule has 0 saturated heterocycles. The molecule has 0 radical (unpaired) electrons. The lowest BCUT2D eigenvalue weighted by molar-refractivity contribution is 1.07. The van der Waals surface area contributed by atoms with Gasteiger partial charge in [0.1, 0.15) is 5.82 Å². The lowest BCUT2D eigenvalue weighted by atomic mass is 10.1. The van der Waals surface area contributed by atoms with Crippen molar-refractivity contribution in [3.8, 4) is 17.1 Å². The summed E-state index contributed by atoms with van der Waals surface area (Å²) in [5.41, 5.74) is 8.91. The fraction of sp³-hybridized carbons (Fsp3) is 0.125. The minimum atomic E-state index is 0.661. The van der Waals surface area contributed by atoms with Gasteiger partial charge in [-0.25, -0.2) is 15.0 Å². The molecule has 0 amide bonds. The molecule has 2 heterocycles. The fourth-order valence-electron chi connectivity index (χ4n) is 3.68. The van der Waals surface area contributed by atoms with Gasteiger partial charge in [-0.15, -0.1) is 0 Å². The SMILES string of the molecule is Cc1ccc(-c2nc3nc4ccccc4nc3n2-c2cc(C)cc(C)c2)cc1. The molecule has 0 fully saturated rings. The number of para-hydroxylation sites is 2. The number of hydrogen-bond acceptors (Lipinski definition) is 3. The number of rotatable bonds is 2. The minimum Gasteiger partial charge on any atom is -0.275 e. The quantitative estimate of drug-likeness (QED) is 0.412. The normalized spacial score (nSPS) is 11.4. The van der Waals surface area contributed by atoms with Crippen molar-refractivity contribution in [3.05, 3.63) is 83.4 Å². The first kappa shape index (κ1) is 16.6. The molecule has 0 unspecified atom stereocenters. The van der Waals surface area contributed by atoms with Crippen molar-refractivity contribution < 1.29 is 0 Å². The van der Waals surface area contributed by atoms with E-state index in [0.29, 0.717) is 5.65 Å². The molecule has 0 aliphatic carbocycles. The van der Waals surface area contributed by atoms with E-state index in [1.54, 1.807) is 0 Å². The molecule has 4 heteroatoms. The molecule has 0 saturated carbocycles. The lowest BCUT2D eigenvalue weighted by Crippen LogP contribution is -2.00. The summed E-state index contributed by atoms with van der Waals surface area (Å²) in [6, 6.07) is 22.9. The van der Waals surface area contributed by atoms with E-state index in [4.69, 9.17) is 15.0 Å². The predicted octanol–water partition coefficient (Wildman–Crippen LogP) is 5.56. The van der Waals surface area contributed by atoms with Crippen LogP contribution >= 0.6 is 0 Å². The van der Waals surface area contributed by atoms with E-state index in [-0.39, 0.29) is 0 Å². The zero-order chi connectivity index (χ0) is 19.3. The average molecular weight is 364 g/mol. The number of aryl methyl sites for hydroxylation is 3. The Kier molecular flexibility index (Phi) is 3.72. The van der Waals surface area contributed by atoms with Crippen LogP contribution in [0.4, 0.5) is 0 Å². The van der Waals surface area contributed by atoms with Crippen LogP contribution in [0.25, 0.3) is 39.4 Å². The van der Waals surface area contributed by atoms with Gasteiger partial charge < -0.3 is 0 Å². The first-order valence-corrected chi connectivity index (χ1v) is 9.39. The summed E-state index contributed by atoms with van der Waals surface area (Å²) in [5.74, 6) is 0.857. The van der Waals surface area contributed by atoms with Crippen LogP contribution < -0.4 is 0 Å². The largest absolute Gasteiger partial charge is 0.275 e. The standard InChI is InChI=1S/C24H20N4/c1-15-8-10-18(11-9-15)23-27-22-24(26-21-7-5-4-6-20(21)25-22)28(23)19-13-16(2)12-17(3)14-19/h4-14H,1-3H3. The van der Waals surface area contributed by atoms with Crippen molar-refractivity contribution in [2.24, 2.45) is 0 Å². The second-order valence-corrected chi connectivity index (χ2v) is 7.34. The summed E-state index contributed by atoms with van der Waals surface area (Å²) in [4.78, 5) is 14.6. The van der Waals surface area contributed by atoms with Gasteiger partial charge >= 0.3 is 0 Å². The van der Waals surface area contributed by atoms with Crippen LogP contribution in [0.1, 0.15) is 16.7 Å². The second-order valence-electron chi connectivity index (χ2n) is 7.34. The van der Waals surface area contributed by atoms with Crippen LogP contribution in [0.3, 0.4) is 0 Å². The minimum absolute atomic E-state index is 0.661. The third kappa shape index (κ3) is 2.74. The van der Waals surface area contributed by atoms with E-state index < -0.39 is 0 Å². The van der Waals surface area contributed by atoms with Crippen LogP contribution in [0, 0.1) is 20.8 Å². The smallest absolute Gasteiger partial charge is 0.199 e. The monoisotopic (exact) mass is 364 g/mol. The highest BCUT2D eigenvalue weighted by Crippen LogP contribution is 2.29. The maximum Gasteiger partial charge on any atom is 0.199 e. The molecule has 0 aliphatic rings. The summed E-state index contributed by atoms with van der Waals surface area (Å²) in [6.45, 7) is 6.32. The van der Waals surface area contributed by atoms with Gasteiger partial charge in [0.2, 0.25) is 0 Å². The summed E-state index contributed by atoms with van der Waals surface area (Å²) in [7, 11) is 0. The Morgan fingerprint density at radius 1 is 0.643 bits per heavy atom. The second kappa shape index (κ2) is 6.27. The molecule has 5 rings (SSSR count). The average Bonchev–Trinajstić information content (AvgIpc) is 3.04. The first-order valence-electron chi connectivity index (χ1n) is 9.39. The van der Waals surface area contributed by atoms with E-state index in [1.807, 2.05) is 24.3 Å². The maximum atomic E-state index is 4.92. The van der Waals surface area contributed by atoms with Crippen molar-refractivity contribution in [3.63, 3.8) is 0 Å². The number of fused-ring (bicyclic) bond motifs is 2. The molecule has 4 nitrogen and oxygen atoms in total. The Labute approximate surface area is 163 Å². The van der Waals surface area contributed by atoms with E-state index in [0.717, 1.165) is 33.8 Å². The van der Waals surface area contributed by atoms with Crippen LogP contribution in [-0.2, 0) is 0 Å². The van der Waals surface area contributed by atoms with Crippen molar-refractivity contribution in [1.82, 2.24) is 19.5 Å². The number of benzene rings is 3. The van der Waals surface area contributed by atoms with Gasteiger partial charge in [0, 0.05) is 11.3 Å². The third-order valence-corrected chi connectivity index (χ3v) is 4.94. The zero-order valence-corrected chi connectivity index (χ0v) is 16.1. The summed E-state index contributed by atoms with van der Waals surface area (Å²) in [5, 5.41) is 0. The Morgan fingerprint density at radius 3 is 1.96 bits per heavy atom. The molecule has 2 aromatic heterocycles. The first-order chi connectivity index (χ1) is 13.6. The van der Waals surface area contributed by atoms with E-state index in [9.17, 15) is 0 Å². The molecule has 0 bridgehead atoms. The summed E-state index contributed by atoms with van der Waals surface area (Å²) in [6.07, 6.45) is 0. The number of hydrogen-bond donors (Lipinski definition) is 0. The van der Waals surface area contributed by atoms with Crippen molar-refractivity contribution in [2.75, 3.05) is 0 Å². The number of aromatic nitrogens is 4. The molecule has 136 valence electrons. The topological polar surface area (TPSA) is 43.6 Å². The van der Waals surface area contributed by atoms with Gasteiger partial charge in [-0.1, -0.05) is 48.0 Å². The highest BCUT2D eigenvalue weighted by molar-refractivity contribution is 5.86. The molecular formula is C24H20N4. The van der Waals surface area contributed by atoms with E-state index in [2.05, 4.69) is 67.8 Å². The molecule has 0 aliphatic heterocycles. The zero-order valence-electron chi connectivity index (χ0n) is 16.1. The van der Waals surface area contributed by atoms with Crippen LogP contribution in [-0.4, -0.2) is 19.5 Å². The van der Waals surface area contributed by atoms with Crippen molar-refractivity contribution in [1.29, 1.82) is 0 Å². The Hall–Kier alpha value is -3.53. The highest BCUT2D eigenvalue weighted by atomic mass is 15.2. The Balaban J connectivity index is 1.89. The molecule has 3 aromatic carbocycles. The predicted molar refractivity (Wildman–Crippen MR) is 114 cm³/mol. The Morgan fingerprint density at radius 2 is 1.29 bits per heavy atom. The fourth-order valence-corrected chi connectivity index (χ4v) is 3.68. The van der Waals surface area contributed by atoms with Gasteiger partial charge in [-0.3, -0.25) is 4.57 Å². The van der Waals surface area contributed by atoms with E-state index in [1.165, 1.54) is 16.7 Å². The maximum absolute atomic E-state index is 4.92. The van der Waals surface area contributed by atoms with Gasteiger partial charge in [0.25, 0.3) is 0 Å². The van der Waals surface area contributed by atoms with E-state index >= 15 is 0 Å². The van der Waals surface area contributed by atoms with Gasteiger partial charge in [-0.05, 0) is 56.2 Å². The van der Waals surface area contributed by atoms with Crippen LogP contribution in [0.15, 0.2) is 66.7 Å². The molecule has 0 atom stereocenters. The third-order valence-electron chi connectivity index (χ3n) is 4.94. The molecule has 5 aromatic rings. The molecular weight excluding hydrogens is 344 g/mol. The van der Waals surface area contributed by atoms with Crippen LogP contribution in [0.2, 0.25) is 0 Å². The highest BCUT2D eigenvalue weighted by Gasteiger charge is 2.18. The van der Waals surface area contributed by atoms with Gasteiger partial charge in [-0.2, -0.15) is 0 Å². The molecule has 0 spiro atoms. The number of imidazole rings is 1. The van der Waals surface area contributed by atoms with Crippen molar-refractivity contribution >= 4 is 22.3 Å². The molecule has 0 N–H and O–H groups in total. The van der Waals surface area contributed by atoms with Crippen molar-refractivity contribution in [2.45, 2.75) is 20.8 Å². The lowest BCUT2D eigenvalue weighted by Gasteiger charge is -2.11. The summed E-state index contributed by atoms with van der Waals surface area (Å²) >= 11 is 0. The Bertz CT molecular complexity index is 1310.